The number of carbonyl (C=O) groups is 1. The maximum Gasteiger partial charge on any atom is 0.229 e. The summed E-state index contributed by atoms with van der Waals surface area (Å²) >= 11 is 0. The average Bonchev–Trinajstić information content (AvgIpc) is 3.16. The summed E-state index contributed by atoms with van der Waals surface area (Å²) in [6.07, 6.45) is 5.49. The second-order valence-corrected chi connectivity index (χ2v) is 6.52. The van der Waals surface area contributed by atoms with E-state index in [4.69, 9.17) is 0 Å². The third kappa shape index (κ3) is 4.32. The van der Waals surface area contributed by atoms with Gasteiger partial charge in [-0.05, 0) is 34.4 Å². The molecule has 4 rings (SSSR count). The van der Waals surface area contributed by atoms with Crippen LogP contribution in [-0.2, 0) is 17.8 Å². The van der Waals surface area contributed by atoms with Crippen molar-refractivity contribution in [1.82, 2.24) is 14.8 Å². The van der Waals surface area contributed by atoms with Crippen LogP contribution in [0.4, 0.5) is 5.82 Å². The number of rotatable bonds is 6. The molecule has 0 saturated carbocycles. The highest BCUT2D eigenvalue weighted by atomic mass is 16.1. The summed E-state index contributed by atoms with van der Waals surface area (Å²) in [5.41, 5.74) is 4.35. The van der Waals surface area contributed by atoms with Gasteiger partial charge >= 0.3 is 0 Å². The molecule has 0 radical (unpaired) electrons. The number of benzene rings is 2. The zero-order valence-electron chi connectivity index (χ0n) is 15.3. The fourth-order valence-corrected chi connectivity index (χ4v) is 3.04. The molecule has 0 fully saturated rings. The highest BCUT2D eigenvalue weighted by molar-refractivity contribution is 5.91. The van der Waals surface area contributed by atoms with Crippen LogP contribution in [0.15, 0.2) is 91.4 Å². The number of nitrogens with one attached hydrogen (secondary N) is 1. The third-order valence-corrected chi connectivity index (χ3v) is 4.49. The quantitative estimate of drug-likeness (QED) is 0.555. The predicted molar refractivity (Wildman–Crippen MR) is 110 cm³/mol. The molecule has 4 aromatic rings. The van der Waals surface area contributed by atoms with Gasteiger partial charge in [0, 0.05) is 18.5 Å². The zero-order chi connectivity index (χ0) is 19.2. The van der Waals surface area contributed by atoms with Crippen molar-refractivity contribution in [2.24, 2.45) is 0 Å². The van der Waals surface area contributed by atoms with E-state index in [2.05, 4.69) is 27.5 Å². The second-order valence-electron chi connectivity index (χ2n) is 6.52. The van der Waals surface area contributed by atoms with Crippen molar-refractivity contribution in [2.45, 2.75) is 13.0 Å². The van der Waals surface area contributed by atoms with Gasteiger partial charge in [0.25, 0.3) is 0 Å². The minimum Gasteiger partial charge on any atom is -0.311 e. The Hall–Kier alpha value is -3.73. The first-order chi connectivity index (χ1) is 13.8. The van der Waals surface area contributed by atoms with Crippen LogP contribution in [0.25, 0.3) is 11.1 Å². The minimum atomic E-state index is -0.0658. The van der Waals surface area contributed by atoms with Gasteiger partial charge in [0.05, 0.1) is 19.2 Å². The van der Waals surface area contributed by atoms with Gasteiger partial charge in [-0.25, -0.2) is 4.68 Å². The molecule has 0 aliphatic rings. The van der Waals surface area contributed by atoms with E-state index >= 15 is 0 Å². The fraction of sp³-hybridized carbons (Fsp3) is 0.0870. The Bertz CT molecular complexity index is 1040. The molecule has 1 amide bonds. The molecule has 0 spiro atoms. The number of amides is 1. The third-order valence-electron chi connectivity index (χ3n) is 4.49. The molecule has 2 aromatic carbocycles. The Kier molecular flexibility index (Phi) is 5.24. The summed E-state index contributed by atoms with van der Waals surface area (Å²) in [7, 11) is 0. The van der Waals surface area contributed by atoms with Crippen molar-refractivity contribution < 1.29 is 4.79 Å². The lowest BCUT2D eigenvalue weighted by atomic mass is 10.0. The summed E-state index contributed by atoms with van der Waals surface area (Å²) in [6.45, 7) is 0.580. The first kappa shape index (κ1) is 17.7. The van der Waals surface area contributed by atoms with E-state index in [1.807, 2.05) is 54.6 Å². The Balaban J connectivity index is 1.39. The topological polar surface area (TPSA) is 59.8 Å². The maximum atomic E-state index is 12.5. The lowest BCUT2D eigenvalue weighted by Gasteiger charge is -2.09. The van der Waals surface area contributed by atoms with Gasteiger partial charge in [0.15, 0.2) is 0 Å². The summed E-state index contributed by atoms with van der Waals surface area (Å²) < 4.78 is 1.77. The Morgan fingerprint density at radius 3 is 2.25 bits per heavy atom. The molecule has 0 saturated heterocycles. The van der Waals surface area contributed by atoms with Crippen molar-refractivity contribution >= 4 is 11.7 Å². The van der Waals surface area contributed by atoms with Crippen LogP contribution in [0.3, 0.4) is 0 Å². The number of hydrogen-bond donors (Lipinski definition) is 1. The highest BCUT2D eigenvalue weighted by Crippen LogP contribution is 2.19. The van der Waals surface area contributed by atoms with Crippen LogP contribution < -0.4 is 5.32 Å². The molecule has 0 bridgehead atoms. The molecule has 0 aliphatic heterocycles. The maximum absolute atomic E-state index is 12.5. The monoisotopic (exact) mass is 368 g/mol. The predicted octanol–water partition coefficient (Wildman–Crippen LogP) is 4.17. The highest BCUT2D eigenvalue weighted by Gasteiger charge is 2.09. The molecule has 0 aliphatic carbocycles. The molecule has 2 aromatic heterocycles. The van der Waals surface area contributed by atoms with E-state index in [-0.39, 0.29) is 5.91 Å². The molecule has 5 nitrogen and oxygen atoms in total. The molecule has 0 atom stereocenters. The lowest BCUT2D eigenvalue weighted by molar-refractivity contribution is -0.115. The number of hydrogen-bond acceptors (Lipinski definition) is 3. The molecule has 5 heteroatoms. The number of anilines is 1. The van der Waals surface area contributed by atoms with Gasteiger partial charge < -0.3 is 5.32 Å². The van der Waals surface area contributed by atoms with E-state index in [1.54, 1.807) is 29.3 Å². The summed E-state index contributed by atoms with van der Waals surface area (Å²) in [5.74, 6) is 0.617. The summed E-state index contributed by atoms with van der Waals surface area (Å²) in [5, 5.41) is 7.25. The summed E-state index contributed by atoms with van der Waals surface area (Å²) in [6, 6.07) is 23.9. The normalized spacial score (nSPS) is 10.6. The molecule has 28 heavy (non-hydrogen) atoms. The SMILES string of the molecule is O=C(Cc1ccc(-c2ccccc2)cc1)Nc1ccnn1Cc1ccncc1. The van der Waals surface area contributed by atoms with E-state index in [1.165, 1.54) is 5.56 Å². The van der Waals surface area contributed by atoms with E-state index in [9.17, 15) is 4.79 Å². The van der Waals surface area contributed by atoms with E-state index < -0.39 is 0 Å². The second kappa shape index (κ2) is 8.31. The van der Waals surface area contributed by atoms with Gasteiger partial charge in [0.1, 0.15) is 5.82 Å². The van der Waals surface area contributed by atoms with Crippen molar-refractivity contribution in [3.05, 3.63) is 103 Å². The Morgan fingerprint density at radius 2 is 1.50 bits per heavy atom. The largest absolute Gasteiger partial charge is 0.311 e. The number of nitrogens with zero attached hydrogens (tertiary/aromatic N) is 3. The van der Waals surface area contributed by atoms with Crippen molar-refractivity contribution in [3.63, 3.8) is 0 Å². The van der Waals surface area contributed by atoms with Crippen LogP contribution in [0.1, 0.15) is 11.1 Å². The first-order valence-electron chi connectivity index (χ1n) is 9.13. The van der Waals surface area contributed by atoms with Crippen LogP contribution in [-0.4, -0.2) is 20.7 Å². The lowest BCUT2D eigenvalue weighted by Crippen LogP contribution is -2.18. The molecule has 1 N–H and O–H groups in total. The Morgan fingerprint density at radius 1 is 0.786 bits per heavy atom. The van der Waals surface area contributed by atoms with Gasteiger partial charge in [-0.3, -0.25) is 9.78 Å². The average molecular weight is 368 g/mol. The van der Waals surface area contributed by atoms with E-state index in [0.717, 1.165) is 16.7 Å². The number of aromatic nitrogens is 3. The summed E-state index contributed by atoms with van der Waals surface area (Å²) in [4.78, 5) is 16.5. The van der Waals surface area contributed by atoms with Crippen molar-refractivity contribution in [2.75, 3.05) is 5.32 Å². The van der Waals surface area contributed by atoms with Crippen molar-refractivity contribution in [3.8, 4) is 11.1 Å². The number of pyridine rings is 1. The van der Waals surface area contributed by atoms with Crippen LogP contribution >= 0.6 is 0 Å². The fourth-order valence-electron chi connectivity index (χ4n) is 3.04. The van der Waals surface area contributed by atoms with Crippen molar-refractivity contribution in [1.29, 1.82) is 0 Å². The van der Waals surface area contributed by atoms with E-state index in [0.29, 0.717) is 18.8 Å². The standard InChI is InChI=1S/C23H20N4O/c28-23(16-18-6-8-21(9-7-18)20-4-2-1-3-5-20)26-22-12-15-25-27(22)17-19-10-13-24-14-11-19/h1-15H,16-17H2,(H,26,28). The molecule has 2 heterocycles. The molecular weight excluding hydrogens is 348 g/mol. The number of carbonyl (C=O) groups excluding carboxylic acids is 1. The zero-order valence-corrected chi connectivity index (χ0v) is 15.3. The van der Waals surface area contributed by atoms with Gasteiger partial charge in [-0.15, -0.1) is 0 Å². The Labute approximate surface area is 163 Å². The molecule has 138 valence electrons. The molecular formula is C23H20N4O. The minimum absolute atomic E-state index is 0.0658. The smallest absolute Gasteiger partial charge is 0.229 e. The van der Waals surface area contributed by atoms with Gasteiger partial charge in [0.2, 0.25) is 5.91 Å². The van der Waals surface area contributed by atoms with Gasteiger partial charge in [-0.1, -0.05) is 54.6 Å². The first-order valence-corrected chi connectivity index (χ1v) is 9.13. The molecule has 0 unspecified atom stereocenters. The van der Waals surface area contributed by atoms with Crippen LogP contribution in [0, 0.1) is 0 Å². The van der Waals surface area contributed by atoms with Gasteiger partial charge in [-0.2, -0.15) is 5.10 Å². The van der Waals surface area contributed by atoms with Crippen LogP contribution in [0.5, 0.6) is 0 Å². The van der Waals surface area contributed by atoms with Crippen LogP contribution in [0.2, 0.25) is 0 Å².